The van der Waals surface area contributed by atoms with Gasteiger partial charge in [-0.2, -0.15) is 0 Å². The zero-order valence-electron chi connectivity index (χ0n) is 12.7. The van der Waals surface area contributed by atoms with E-state index in [1.807, 2.05) is 11.3 Å². The molecule has 2 heterocycles. The van der Waals surface area contributed by atoms with Crippen molar-refractivity contribution in [2.45, 2.75) is 32.2 Å². The number of thiophene rings is 1. The molecule has 1 aliphatic rings. The van der Waals surface area contributed by atoms with Crippen LogP contribution in [0.1, 0.15) is 28.8 Å². The van der Waals surface area contributed by atoms with Crippen molar-refractivity contribution < 1.29 is 4.74 Å². The van der Waals surface area contributed by atoms with Gasteiger partial charge in [-0.25, -0.2) is 0 Å². The van der Waals surface area contributed by atoms with E-state index in [0.29, 0.717) is 0 Å². The molecular formula is C18H23NOS. The molecule has 0 atom stereocenters. The second-order valence-electron chi connectivity index (χ2n) is 5.70. The molecule has 112 valence electrons. The van der Waals surface area contributed by atoms with E-state index in [-0.39, 0.29) is 0 Å². The Morgan fingerprint density at radius 2 is 2.14 bits per heavy atom. The third kappa shape index (κ3) is 3.86. The molecule has 0 N–H and O–H groups in total. The van der Waals surface area contributed by atoms with E-state index in [2.05, 4.69) is 40.6 Å². The average Bonchev–Trinajstić information content (AvgIpc) is 3.04. The first-order valence-corrected chi connectivity index (χ1v) is 8.63. The molecule has 1 aliphatic heterocycles. The number of aryl methyl sites for hydroxylation is 1. The number of ether oxygens (including phenoxy) is 1. The standard InChI is InChI=1S/C18H23NOS/c1-20-17-8-7-16-14-19(11-9-15(16)13-17)10-3-2-5-18-6-4-12-21-18/h4,6-8,12-13H,2-3,5,9-11,14H2,1H3. The van der Waals surface area contributed by atoms with Crippen LogP contribution in [-0.2, 0) is 19.4 Å². The van der Waals surface area contributed by atoms with Crippen LogP contribution in [0.2, 0.25) is 0 Å². The van der Waals surface area contributed by atoms with Crippen molar-refractivity contribution in [1.29, 1.82) is 0 Å². The van der Waals surface area contributed by atoms with E-state index in [9.17, 15) is 0 Å². The number of rotatable bonds is 6. The zero-order chi connectivity index (χ0) is 14.5. The molecule has 3 heteroatoms. The lowest BCUT2D eigenvalue weighted by atomic mass is 9.99. The molecule has 0 saturated heterocycles. The van der Waals surface area contributed by atoms with Crippen molar-refractivity contribution >= 4 is 11.3 Å². The topological polar surface area (TPSA) is 12.5 Å². The van der Waals surface area contributed by atoms with Crippen LogP contribution >= 0.6 is 11.3 Å². The average molecular weight is 301 g/mol. The lowest BCUT2D eigenvalue weighted by Gasteiger charge is -2.29. The van der Waals surface area contributed by atoms with E-state index in [1.54, 1.807) is 7.11 Å². The summed E-state index contributed by atoms with van der Waals surface area (Å²) in [4.78, 5) is 4.11. The number of hydrogen-bond acceptors (Lipinski definition) is 3. The van der Waals surface area contributed by atoms with E-state index < -0.39 is 0 Å². The van der Waals surface area contributed by atoms with Crippen molar-refractivity contribution in [3.63, 3.8) is 0 Å². The van der Waals surface area contributed by atoms with Crippen molar-refractivity contribution in [1.82, 2.24) is 4.90 Å². The van der Waals surface area contributed by atoms with Gasteiger partial charge in [0.15, 0.2) is 0 Å². The highest BCUT2D eigenvalue weighted by atomic mass is 32.1. The summed E-state index contributed by atoms with van der Waals surface area (Å²) in [5, 5.41) is 2.17. The Morgan fingerprint density at radius 3 is 2.95 bits per heavy atom. The molecular weight excluding hydrogens is 278 g/mol. The number of hydrogen-bond donors (Lipinski definition) is 0. The lowest BCUT2D eigenvalue weighted by Crippen LogP contribution is -2.31. The largest absolute Gasteiger partial charge is 0.497 e. The molecule has 21 heavy (non-hydrogen) atoms. The summed E-state index contributed by atoms with van der Waals surface area (Å²) in [6, 6.07) is 10.9. The Hall–Kier alpha value is -1.32. The summed E-state index contributed by atoms with van der Waals surface area (Å²) in [6.45, 7) is 3.49. The maximum atomic E-state index is 5.31. The number of methoxy groups -OCH3 is 1. The first kappa shape index (κ1) is 14.6. The van der Waals surface area contributed by atoms with E-state index in [4.69, 9.17) is 4.74 Å². The fourth-order valence-corrected chi connectivity index (χ4v) is 3.75. The normalized spacial score (nSPS) is 14.9. The van der Waals surface area contributed by atoms with Crippen LogP contribution in [0.4, 0.5) is 0 Å². The predicted molar refractivity (Wildman–Crippen MR) is 89.2 cm³/mol. The molecule has 0 amide bonds. The summed E-state index contributed by atoms with van der Waals surface area (Å²) >= 11 is 1.88. The van der Waals surface area contributed by atoms with Gasteiger partial charge < -0.3 is 4.74 Å². The second-order valence-corrected chi connectivity index (χ2v) is 6.73. The maximum Gasteiger partial charge on any atom is 0.119 e. The fraction of sp³-hybridized carbons (Fsp3) is 0.444. The molecule has 1 aromatic carbocycles. The highest BCUT2D eigenvalue weighted by Crippen LogP contribution is 2.24. The minimum Gasteiger partial charge on any atom is -0.497 e. The second kappa shape index (κ2) is 7.10. The van der Waals surface area contributed by atoms with Crippen LogP contribution in [0.5, 0.6) is 5.75 Å². The molecule has 2 nitrogen and oxygen atoms in total. The van der Waals surface area contributed by atoms with Crippen LogP contribution in [0, 0.1) is 0 Å². The van der Waals surface area contributed by atoms with Crippen molar-refractivity contribution in [3.8, 4) is 5.75 Å². The van der Waals surface area contributed by atoms with Crippen LogP contribution in [0.25, 0.3) is 0 Å². The van der Waals surface area contributed by atoms with Crippen molar-refractivity contribution in [2.24, 2.45) is 0 Å². The third-order valence-electron chi connectivity index (χ3n) is 4.23. The highest BCUT2D eigenvalue weighted by molar-refractivity contribution is 7.09. The SMILES string of the molecule is COc1ccc2c(c1)CCN(CCCCc1cccs1)C2. The Bertz CT molecular complexity index is 565. The monoisotopic (exact) mass is 301 g/mol. The Labute approximate surface area is 131 Å². The summed E-state index contributed by atoms with van der Waals surface area (Å²) in [5.74, 6) is 0.984. The number of fused-ring (bicyclic) bond motifs is 1. The number of benzene rings is 1. The summed E-state index contributed by atoms with van der Waals surface area (Å²) in [7, 11) is 1.74. The van der Waals surface area contributed by atoms with Gasteiger partial charge in [0.05, 0.1) is 7.11 Å². The van der Waals surface area contributed by atoms with Gasteiger partial charge in [-0.15, -0.1) is 11.3 Å². The zero-order valence-corrected chi connectivity index (χ0v) is 13.5. The van der Waals surface area contributed by atoms with Gasteiger partial charge in [-0.05, 0) is 66.9 Å². The fourth-order valence-electron chi connectivity index (χ4n) is 3.00. The minimum atomic E-state index is 0.984. The van der Waals surface area contributed by atoms with E-state index in [1.165, 1.54) is 48.4 Å². The molecule has 0 unspecified atom stereocenters. The summed E-state index contributed by atoms with van der Waals surface area (Å²) < 4.78 is 5.31. The van der Waals surface area contributed by atoms with Gasteiger partial charge in [-0.1, -0.05) is 12.1 Å². The van der Waals surface area contributed by atoms with Crippen LogP contribution in [-0.4, -0.2) is 25.1 Å². The lowest BCUT2D eigenvalue weighted by molar-refractivity contribution is 0.249. The summed E-state index contributed by atoms with van der Waals surface area (Å²) in [5.41, 5.74) is 2.93. The van der Waals surface area contributed by atoms with Gasteiger partial charge in [0.2, 0.25) is 0 Å². The number of unbranched alkanes of at least 4 members (excludes halogenated alkanes) is 1. The minimum absolute atomic E-state index is 0.984. The first-order chi connectivity index (χ1) is 10.3. The van der Waals surface area contributed by atoms with Gasteiger partial charge in [0, 0.05) is 18.0 Å². The molecule has 0 aliphatic carbocycles. The van der Waals surface area contributed by atoms with E-state index >= 15 is 0 Å². The van der Waals surface area contributed by atoms with Gasteiger partial charge in [-0.3, -0.25) is 4.90 Å². The summed E-state index contributed by atoms with van der Waals surface area (Å²) in [6.07, 6.45) is 4.98. The van der Waals surface area contributed by atoms with Crippen LogP contribution in [0.3, 0.4) is 0 Å². The van der Waals surface area contributed by atoms with Gasteiger partial charge in [0.1, 0.15) is 5.75 Å². The molecule has 0 radical (unpaired) electrons. The molecule has 0 spiro atoms. The van der Waals surface area contributed by atoms with Crippen LogP contribution < -0.4 is 4.74 Å². The molecule has 0 saturated carbocycles. The predicted octanol–water partition coefficient (Wildman–Crippen LogP) is 4.14. The van der Waals surface area contributed by atoms with Gasteiger partial charge in [0.25, 0.3) is 0 Å². The smallest absolute Gasteiger partial charge is 0.119 e. The third-order valence-corrected chi connectivity index (χ3v) is 5.17. The quantitative estimate of drug-likeness (QED) is 0.744. The van der Waals surface area contributed by atoms with Crippen LogP contribution in [0.15, 0.2) is 35.7 Å². The van der Waals surface area contributed by atoms with E-state index in [0.717, 1.165) is 18.7 Å². The molecule has 1 aromatic heterocycles. The number of nitrogens with zero attached hydrogens (tertiary/aromatic N) is 1. The molecule has 0 bridgehead atoms. The molecule has 0 fully saturated rings. The Kier molecular flexibility index (Phi) is 4.94. The molecule has 2 aromatic rings. The highest BCUT2D eigenvalue weighted by Gasteiger charge is 2.16. The maximum absolute atomic E-state index is 5.31. The Morgan fingerprint density at radius 1 is 1.19 bits per heavy atom. The first-order valence-electron chi connectivity index (χ1n) is 7.75. The van der Waals surface area contributed by atoms with Crippen molar-refractivity contribution in [3.05, 3.63) is 51.7 Å². The molecule has 3 rings (SSSR count). The van der Waals surface area contributed by atoms with Crippen molar-refractivity contribution in [2.75, 3.05) is 20.2 Å². The Balaban J connectivity index is 1.45. The van der Waals surface area contributed by atoms with Gasteiger partial charge >= 0.3 is 0 Å².